The van der Waals surface area contributed by atoms with E-state index in [0.717, 1.165) is 32.1 Å². The zero-order valence-electron chi connectivity index (χ0n) is 36.7. The number of rotatable bonds is 14. The van der Waals surface area contributed by atoms with E-state index in [0.29, 0.717) is 5.92 Å². The third-order valence-electron chi connectivity index (χ3n) is 10.6. The second-order valence-corrected chi connectivity index (χ2v) is 18.1. The Kier molecular flexibility index (Phi) is 19.8. The molecular formula is C50H78O3. The van der Waals surface area contributed by atoms with Crippen LogP contribution in [0.25, 0.3) is 0 Å². The van der Waals surface area contributed by atoms with Gasteiger partial charge < -0.3 is 14.9 Å². The van der Waals surface area contributed by atoms with Gasteiger partial charge in [-0.1, -0.05) is 166 Å². The van der Waals surface area contributed by atoms with Gasteiger partial charge in [0, 0.05) is 5.92 Å². The van der Waals surface area contributed by atoms with Crippen LogP contribution < -0.4 is 0 Å². The Morgan fingerprint density at radius 1 is 0.717 bits per heavy atom. The van der Waals surface area contributed by atoms with Crippen molar-refractivity contribution >= 4 is 0 Å². The van der Waals surface area contributed by atoms with Gasteiger partial charge in [-0.05, 0) is 118 Å². The lowest BCUT2D eigenvalue weighted by Gasteiger charge is -2.38. The molecule has 2 N–H and O–H groups in total. The monoisotopic (exact) mass is 727 g/mol. The Balaban J connectivity index is 0.00000110. The van der Waals surface area contributed by atoms with Crippen molar-refractivity contribution in [1.29, 1.82) is 0 Å². The van der Waals surface area contributed by atoms with E-state index in [4.69, 9.17) is 4.74 Å². The van der Waals surface area contributed by atoms with E-state index < -0.39 is 0 Å². The van der Waals surface area contributed by atoms with Crippen molar-refractivity contribution in [2.45, 2.75) is 166 Å². The van der Waals surface area contributed by atoms with Crippen LogP contribution in [-0.4, -0.2) is 33.6 Å². The van der Waals surface area contributed by atoms with Crippen LogP contribution in [0.4, 0.5) is 0 Å². The van der Waals surface area contributed by atoms with Crippen molar-refractivity contribution in [2.24, 2.45) is 16.7 Å². The van der Waals surface area contributed by atoms with E-state index in [9.17, 15) is 10.2 Å². The van der Waals surface area contributed by atoms with Gasteiger partial charge in [0.2, 0.25) is 0 Å². The summed E-state index contributed by atoms with van der Waals surface area (Å²) in [6.07, 6.45) is 35.9. The minimum absolute atomic E-state index is 0.00528. The molecule has 2 aliphatic carbocycles. The molecule has 0 saturated heterocycles. The SMILES string of the molecule is CC1=C[C@H](O)CC(C)(C)[C@H]1/C=C/C(C)=C/C=C/C(C)=C/C=C/C=C(C)/C=C/C=C(C)/C=C/C1=C(C)C[C@@H](O)CC1(C)C.CCC(C)(C)OC(C)(C)CC. The molecule has 0 radical (unpaired) electrons. The molecule has 0 spiro atoms. The first-order valence-electron chi connectivity index (χ1n) is 20.0. The van der Waals surface area contributed by atoms with Crippen molar-refractivity contribution in [3.05, 3.63) is 130 Å². The summed E-state index contributed by atoms with van der Waals surface area (Å²) in [6.45, 7) is 34.5. The fraction of sp³-hybridized carbons (Fsp3) is 0.560. The second kappa shape index (κ2) is 21.8. The van der Waals surface area contributed by atoms with Crippen LogP contribution in [0.15, 0.2) is 130 Å². The largest absolute Gasteiger partial charge is 0.393 e. The average Bonchev–Trinajstić information content (AvgIpc) is 3.01. The summed E-state index contributed by atoms with van der Waals surface area (Å²) < 4.78 is 5.92. The van der Waals surface area contributed by atoms with Gasteiger partial charge in [0.15, 0.2) is 0 Å². The third-order valence-corrected chi connectivity index (χ3v) is 10.6. The molecule has 0 aliphatic heterocycles. The summed E-state index contributed by atoms with van der Waals surface area (Å²) in [7, 11) is 0. The van der Waals surface area contributed by atoms with E-state index in [2.05, 4.69) is 196 Å². The minimum atomic E-state index is -0.331. The quantitative estimate of drug-likeness (QED) is 0.138. The van der Waals surface area contributed by atoms with E-state index in [1.165, 1.54) is 39.0 Å². The maximum atomic E-state index is 10.1. The zero-order chi connectivity index (χ0) is 40.6. The first kappa shape index (κ1) is 48.0. The van der Waals surface area contributed by atoms with Gasteiger partial charge in [0.05, 0.1) is 23.4 Å². The third kappa shape index (κ3) is 18.8. The summed E-state index contributed by atoms with van der Waals surface area (Å²) in [4.78, 5) is 0. The van der Waals surface area contributed by atoms with Gasteiger partial charge in [-0.3, -0.25) is 0 Å². The van der Waals surface area contributed by atoms with Crippen LogP contribution in [0.5, 0.6) is 0 Å². The molecule has 0 amide bonds. The van der Waals surface area contributed by atoms with E-state index in [1.807, 2.05) is 6.08 Å². The second-order valence-electron chi connectivity index (χ2n) is 18.1. The fourth-order valence-electron chi connectivity index (χ4n) is 7.04. The van der Waals surface area contributed by atoms with Gasteiger partial charge in [-0.15, -0.1) is 0 Å². The highest BCUT2D eigenvalue weighted by atomic mass is 16.5. The normalized spacial score (nSPS) is 23.9. The van der Waals surface area contributed by atoms with Crippen LogP contribution in [0.3, 0.4) is 0 Å². The summed E-state index contributed by atoms with van der Waals surface area (Å²) in [5.41, 5.74) is 8.79. The molecule has 53 heavy (non-hydrogen) atoms. The summed E-state index contributed by atoms with van der Waals surface area (Å²) in [6, 6.07) is 0. The molecular weight excluding hydrogens is 649 g/mol. The lowest BCUT2D eigenvalue weighted by Crippen LogP contribution is -2.35. The van der Waals surface area contributed by atoms with Gasteiger partial charge in [-0.2, -0.15) is 0 Å². The molecule has 0 aromatic rings. The van der Waals surface area contributed by atoms with Crippen LogP contribution >= 0.6 is 0 Å². The molecule has 296 valence electrons. The molecule has 2 aliphatic rings. The predicted octanol–water partition coefficient (Wildman–Crippen LogP) is 13.8. The Bertz CT molecular complexity index is 1500. The van der Waals surface area contributed by atoms with E-state index >= 15 is 0 Å². The molecule has 0 aromatic carbocycles. The fourth-order valence-corrected chi connectivity index (χ4v) is 7.04. The van der Waals surface area contributed by atoms with E-state index in [1.54, 1.807) is 0 Å². The lowest BCUT2D eigenvalue weighted by molar-refractivity contribution is -0.124. The maximum Gasteiger partial charge on any atom is 0.0729 e. The van der Waals surface area contributed by atoms with Gasteiger partial charge >= 0.3 is 0 Å². The van der Waals surface area contributed by atoms with Crippen molar-refractivity contribution in [1.82, 2.24) is 0 Å². The highest BCUT2D eigenvalue weighted by Gasteiger charge is 2.34. The highest BCUT2D eigenvalue weighted by molar-refractivity contribution is 5.38. The zero-order valence-corrected chi connectivity index (χ0v) is 36.7. The van der Waals surface area contributed by atoms with Crippen LogP contribution in [0.1, 0.15) is 143 Å². The minimum Gasteiger partial charge on any atom is -0.393 e. The Hall–Kier alpha value is -2.98. The standard InChI is InChI=1S/C40H56O2.C10H22O/c1-29(17-13-19-31(3)21-23-37-33(5)25-35(41)27-39(37,7)8)15-11-12-16-30(2)18-14-20-32(4)22-24-38-34(6)26-36(42)28-40(38,9)10;1-7-9(3,4)11-10(5,6)8-2/h11-25,35-37,41-42H,26-28H2,1-10H3;7-8H2,1-6H3/b12-11+,17-13+,18-14+,23-21+,24-22+,29-15+,30-16+,31-19+,32-20+;/t35-,36+,37-;/m0./s1. The Morgan fingerprint density at radius 3 is 1.62 bits per heavy atom. The molecule has 2 rings (SSSR count). The highest BCUT2D eigenvalue weighted by Crippen LogP contribution is 2.42. The van der Waals surface area contributed by atoms with Gasteiger partial charge in [0.1, 0.15) is 0 Å². The molecule has 0 heterocycles. The number of hydrogen-bond acceptors (Lipinski definition) is 3. The topological polar surface area (TPSA) is 49.7 Å². The molecule has 0 unspecified atom stereocenters. The molecule has 3 atom stereocenters. The average molecular weight is 727 g/mol. The van der Waals surface area contributed by atoms with Crippen molar-refractivity contribution in [3.63, 3.8) is 0 Å². The number of hydrogen-bond donors (Lipinski definition) is 2. The smallest absolute Gasteiger partial charge is 0.0729 e. The Morgan fingerprint density at radius 2 is 1.17 bits per heavy atom. The lowest BCUT2D eigenvalue weighted by atomic mass is 9.67. The Labute approximate surface area is 327 Å². The van der Waals surface area contributed by atoms with Crippen molar-refractivity contribution < 1.29 is 14.9 Å². The summed E-state index contributed by atoms with van der Waals surface area (Å²) in [5.74, 6) is 0.348. The van der Waals surface area contributed by atoms with Crippen LogP contribution in [0, 0.1) is 16.7 Å². The molecule has 0 aromatic heterocycles. The number of allylic oxidation sites excluding steroid dienone is 20. The number of ether oxygens (including phenoxy) is 1. The van der Waals surface area contributed by atoms with Crippen molar-refractivity contribution in [2.75, 3.05) is 0 Å². The molecule has 3 heteroatoms. The maximum absolute atomic E-state index is 10.1. The van der Waals surface area contributed by atoms with Crippen LogP contribution in [0.2, 0.25) is 0 Å². The van der Waals surface area contributed by atoms with Gasteiger partial charge in [0.25, 0.3) is 0 Å². The first-order valence-corrected chi connectivity index (χ1v) is 20.0. The number of aliphatic hydroxyl groups is 2. The number of aliphatic hydroxyl groups excluding tert-OH is 2. The molecule has 0 fully saturated rings. The van der Waals surface area contributed by atoms with Crippen LogP contribution in [-0.2, 0) is 4.74 Å². The summed E-state index contributed by atoms with van der Waals surface area (Å²) >= 11 is 0. The predicted molar refractivity (Wildman–Crippen MR) is 234 cm³/mol. The molecule has 0 bridgehead atoms. The van der Waals surface area contributed by atoms with E-state index in [-0.39, 0.29) is 34.2 Å². The van der Waals surface area contributed by atoms with Gasteiger partial charge in [-0.25, -0.2) is 0 Å². The van der Waals surface area contributed by atoms with Crippen molar-refractivity contribution in [3.8, 4) is 0 Å². The molecule has 0 saturated carbocycles. The first-order chi connectivity index (χ1) is 24.4. The summed E-state index contributed by atoms with van der Waals surface area (Å²) in [5, 5.41) is 20.2. The molecule has 3 nitrogen and oxygen atoms in total.